The average molecular weight is 232 g/mol. The Bertz CT molecular complexity index is 398. The van der Waals surface area contributed by atoms with Gasteiger partial charge in [-0.3, -0.25) is 3.59 Å². The first-order valence-corrected chi connectivity index (χ1v) is 4.01. The van der Waals surface area contributed by atoms with Gasteiger partial charge in [0.05, 0.1) is 21.7 Å². The van der Waals surface area contributed by atoms with E-state index >= 15 is 0 Å². The van der Waals surface area contributed by atoms with Crippen molar-refractivity contribution in [2.75, 3.05) is 0 Å². The number of rotatable bonds is 0. The van der Waals surface area contributed by atoms with Gasteiger partial charge in [0.1, 0.15) is 11.8 Å². The minimum atomic E-state index is 0.455. The molecule has 0 amide bonds. The molecule has 56 valence electrons. The lowest BCUT2D eigenvalue weighted by molar-refractivity contribution is 1.21. The molecular weight excluding hydrogens is 229 g/mol. The zero-order valence-electron chi connectivity index (χ0n) is 5.33. The van der Waals surface area contributed by atoms with Crippen LogP contribution >= 0.6 is 27.7 Å². The van der Waals surface area contributed by atoms with Crippen LogP contribution in [0.15, 0.2) is 18.6 Å². The maximum absolute atomic E-state index is 5.80. The Morgan fingerprint density at radius 2 is 2.27 bits per heavy atom. The molecule has 0 spiro atoms. The van der Waals surface area contributed by atoms with Crippen molar-refractivity contribution in [1.29, 1.82) is 0 Å². The molecule has 0 aliphatic rings. The molecule has 0 fully saturated rings. The monoisotopic (exact) mass is 231 g/mol. The SMILES string of the molecule is Clc1ncnc2ccn(Br)c12. The molecule has 2 aromatic heterocycles. The molecule has 0 N–H and O–H groups in total. The van der Waals surface area contributed by atoms with Gasteiger partial charge in [-0.25, -0.2) is 9.97 Å². The summed E-state index contributed by atoms with van der Waals surface area (Å²) in [6.45, 7) is 0. The number of hydrogen-bond acceptors (Lipinski definition) is 2. The van der Waals surface area contributed by atoms with Gasteiger partial charge in [0, 0.05) is 6.20 Å². The fourth-order valence-corrected chi connectivity index (χ4v) is 1.70. The quantitative estimate of drug-likeness (QED) is 0.652. The van der Waals surface area contributed by atoms with Crippen molar-refractivity contribution in [3.63, 3.8) is 0 Å². The molecule has 11 heavy (non-hydrogen) atoms. The summed E-state index contributed by atoms with van der Waals surface area (Å²) >= 11 is 9.07. The average Bonchev–Trinajstić information content (AvgIpc) is 2.34. The highest BCUT2D eigenvalue weighted by Crippen LogP contribution is 2.21. The molecule has 0 saturated carbocycles. The number of aromatic nitrogens is 3. The first-order valence-electron chi connectivity index (χ1n) is 2.93. The lowest BCUT2D eigenvalue weighted by Crippen LogP contribution is -1.83. The smallest absolute Gasteiger partial charge is 0.157 e. The molecule has 5 heteroatoms. The fraction of sp³-hybridized carbons (Fsp3) is 0. The normalized spacial score (nSPS) is 10.7. The maximum atomic E-state index is 5.80. The van der Waals surface area contributed by atoms with Gasteiger partial charge in [0.25, 0.3) is 0 Å². The first-order chi connectivity index (χ1) is 5.29. The van der Waals surface area contributed by atoms with E-state index in [2.05, 4.69) is 26.1 Å². The van der Waals surface area contributed by atoms with E-state index in [1.807, 2.05) is 12.3 Å². The van der Waals surface area contributed by atoms with E-state index in [0.717, 1.165) is 11.0 Å². The third-order valence-corrected chi connectivity index (χ3v) is 2.25. The van der Waals surface area contributed by atoms with Crippen LogP contribution in [-0.4, -0.2) is 13.6 Å². The summed E-state index contributed by atoms with van der Waals surface area (Å²) < 4.78 is 1.71. The van der Waals surface area contributed by atoms with Crippen LogP contribution in [0.1, 0.15) is 0 Å². The van der Waals surface area contributed by atoms with Gasteiger partial charge in [-0.2, -0.15) is 0 Å². The summed E-state index contributed by atoms with van der Waals surface area (Å²) in [6, 6.07) is 1.86. The van der Waals surface area contributed by atoms with Crippen LogP contribution in [-0.2, 0) is 0 Å². The van der Waals surface area contributed by atoms with Gasteiger partial charge >= 0.3 is 0 Å². The molecule has 0 radical (unpaired) electrons. The molecule has 2 rings (SSSR count). The summed E-state index contributed by atoms with van der Waals surface area (Å²) in [5.74, 6) is 0. The van der Waals surface area contributed by atoms with Crippen molar-refractivity contribution in [2.45, 2.75) is 0 Å². The van der Waals surface area contributed by atoms with Gasteiger partial charge < -0.3 is 0 Å². The van der Waals surface area contributed by atoms with Gasteiger partial charge in [-0.05, 0) is 6.07 Å². The van der Waals surface area contributed by atoms with Crippen molar-refractivity contribution >= 4 is 38.8 Å². The Balaban J connectivity index is 2.96. The second kappa shape index (κ2) is 2.46. The van der Waals surface area contributed by atoms with Crippen molar-refractivity contribution in [3.8, 4) is 0 Å². The van der Waals surface area contributed by atoms with Crippen LogP contribution in [0, 0.1) is 0 Å². The highest BCUT2D eigenvalue weighted by atomic mass is 79.9. The minimum absolute atomic E-state index is 0.455. The second-order valence-electron chi connectivity index (χ2n) is 2.03. The minimum Gasteiger partial charge on any atom is -0.279 e. The lowest BCUT2D eigenvalue weighted by atomic mass is 10.5. The van der Waals surface area contributed by atoms with E-state index in [9.17, 15) is 0 Å². The highest BCUT2D eigenvalue weighted by molar-refractivity contribution is 9.08. The molecular formula is C6H3BrClN3. The van der Waals surface area contributed by atoms with Crippen molar-refractivity contribution in [1.82, 2.24) is 13.6 Å². The Labute approximate surface area is 76.4 Å². The molecule has 2 heterocycles. The molecule has 0 aliphatic heterocycles. The number of hydrogen-bond donors (Lipinski definition) is 0. The van der Waals surface area contributed by atoms with Gasteiger partial charge in [0.15, 0.2) is 5.15 Å². The molecule has 2 aromatic rings. The Kier molecular flexibility index (Phi) is 1.58. The third kappa shape index (κ3) is 1.02. The standard InChI is InChI=1S/C6H3BrClN3/c7-11-2-1-4-5(11)6(8)10-3-9-4/h1-3H. The highest BCUT2D eigenvalue weighted by Gasteiger charge is 2.04. The summed E-state index contributed by atoms with van der Waals surface area (Å²) in [5, 5.41) is 0.455. The molecule has 0 aromatic carbocycles. The largest absolute Gasteiger partial charge is 0.279 e. The number of nitrogens with zero attached hydrogens (tertiary/aromatic N) is 3. The van der Waals surface area contributed by atoms with Crippen LogP contribution in [0.5, 0.6) is 0 Å². The Morgan fingerprint density at radius 1 is 1.45 bits per heavy atom. The van der Waals surface area contributed by atoms with Crippen LogP contribution in [0.2, 0.25) is 5.15 Å². The molecule has 3 nitrogen and oxygen atoms in total. The topological polar surface area (TPSA) is 30.7 Å². The van der Waals surface area contributed by atoms with E-state index in [1.54, 1.807) is 3.59 Å². The molecule has 0 unspecified atom stereocenters. The van der Waals surface area contributed by atoms with Gasteiger partial charge in [0.2, 0.25) is 0 Å². The summed E-state index contributed by atoms with van der Waals surface area (Å²) in [5.41, 5.74) is 1.64. The van der Waals surface area contributed by atoms with Gasteiger partial charge in [-0.15, -0.1) is 0 Å². The van der Waals surface area contributed by atoms with E-state index in [1.165, 1.54) is 6.33 Å². The maximum Gasteiger partial charge on any atom is 0.157 e. The molecule has 0 bridgehead atoms. The van der Waals surface area contributed by atoms with Crippen molar-refractivity contribution in [3.05, 3.63) is 23.7 Å². The van der Waals surface area contributed by atoms with E-state index < -0.39 is 0 Å². The number of fused-ring (bicyclic) bond motifs is 1. The summed E-state index contributed by atoms with van der Waals surface area (Å²) in [6.07, 6.45) is 3.27. The van der Waals surface area contributed by atoms with Crippen LogP contribution in [0.4, 0.5) is 0 Å². The van der Waals surface area contributed by atoms with Gasteiger partial charge in [-0.1, -0.05) is 11.6 Å². The number of halogens is 2. The Morgan fingerprint density at radius 3 is 3.00 bits per heavy atom. The second-order valence-corrected chi connectivity index (χ2v) is 3.15. The lowest BCUT2D eigenvalue weighted by Gasteiger charge is -1.93. The third-order valence-electron chi connectivity index (χ3n) is 1.38. The fourth-order valence-electron chi connectivity index (χ4n) is 0.900. The van der Waals surface area contributed by atoms with E-state index in [0.29, 0.717) is 5.15 Å². The predicted octanol–water partition coefficient (Wildman–Crippen LogP) is 2.24. The summed E-state index contributed by atoms with van der Waals surface area (Å²) in [7, 11) is 0. The van der Waals surface area contributed by atoms with Crippen molar-refractivity contribution in [2.24, 2.45) is 0 Å². The Hall–Kier alpha value is -0.610. The van der Waals surface area contributed by atoms with Crippen molar-refractivity contribution < 1.29 is 0 Å². The van der Waals surface area contributed by atoms with Crippen LogP contribution in [0.3, 0.4) is 0 Å². The molecule has 0 aliphatic carbocycles. The van der Waals surface area contributed by atoms with Crippen LogP contribution in [0.25, 0.3) is 11.0 Å². The van der Waals surface area contributed by atoms with Crippen LogP contribution < -0.4 is 0 Å². The zero-order valence-corrected chi connectivity index (χ0v) is 7.67. The molecule has 0 atom stereocenters. The zero-order chi connectivity index (χ0) is 7.84. The molecule has 0 saturated heterocycles. The summed E-state index contributed by atoms with van der Waals surface area (Å²) in [4.78, 5) is 7.86. The van der Waals surface area contributed by atoms with E-state index in [4.69, 9.17) is 11.6 Å². The van der Waals surface area contributed by atoms with E-state index in [-0.39, 0.29) is 0 Å². The predicted molar refractivity (Wildman–Crippen MR) is 46.9 cm³/mol. The first kappa shape index (κ1) is 7.06.